The molecule has 0 amide bonds. The van der Waals surface area contributed by atoms with Gasteiger partial charge in [0.2, 0.25) is 0 Å². The van der Waals surface area contributed by atoms with Gasteiger partial charge in [-0.25, -0.2) is 9.59 Å². The lowest BCUT2D eigenvalue weighted by atomic mass is 9.88. The summed E-state index contributed by atoms with van der Waals surface area (Å²) in [4.78, 5) is 30.3. The minimum atomic E-state index is -0.552. The van der Waals surface area contributed by atoms with Crippen LogP contribution in [0, 0.1) is 27.7 Å². The highest BCUT2D eigenvalue weighted by atomic mass is 19.1. The molecule has 1 aliphatic rings. The van der Waals surface area contributed by atoms with Crippen LogP contribution in [-0.2, 0) is 14.3 Å². The molecule has 44 heavy (non-hydrogen) atoms. The van der Waals surface area contributed by atoms with Gasteiger partial charge in [0.15, 0.2) is 0 Å². The number of phenols is 1. The Kier molecular flexibility index (Phi) is 20.4. The Morgan fingerprint density at radius 2 is 1.27 bits per heavy atom. The van der Waals surface area contributed by atoms with E-state index in [1.54, 1.807) is 53.7 Å². The summed E-state index contributed by atoms with van der Waals surface area (Å²) >= 11 is 0. The molecule has 245 valence electrons. The van der Waals surface area contributed by atoms with E-state index in [9.17, 15) is 19.0 Å². The molecule has 0 spiro atoms. The van der Waals surface area contributed by atoms with Crippen LogP contribution < -0.4 is 0 Å². The van der Waals surface area contributed by atoms with Gasteiger partial charge in [-0.1, -0.05) is 55.4 Å². The van der Waals surface area contributed by atoms with Crippen molar-refractivity contribution in [3.63, 3.8) is 0 Å². The number of allylic oxidation sites excluding steroid dienone is 1. The molecule has 1 N–H and O–H groups in total. The van der Waals surface area contributed by atoms with Crippen molar-refractivity contribution in [3.8, 4) is 5.75 Å². The second-order valence-electron chi connectivity index (χ2n) is 8.72. The Hall–Kier alpha value is -3.62. The summed E-state index contributed by atoms with van der Waals surface area (Å²) in [6.07, 6.45) is 0. The molecule has 1 aromatic heterocycles. The third-order valence-electron chi connectivity index (χ3n) is 6.36. The number of phenolic OH excluding ortho intramolecular Hbond substituents is 1. The van der Waals surface area contributed by atoms with Crippen LogP contribution >= 0.6 is 0 Å². The molecule has 3 rings (SSSR count). The van der Waals surface area contributed by atoms with Crippen LogP contribution in [0.2, 0.25) is 0 Å². The predicted molar refractivity (Wildman–Crippen MR) is 184 cm³/mol. The number of aromatic nitrogens is 1. The predicted octanol–water partition coefficient (Wildman–Crippen LogP) is 9.17. The van der Waals surface area contributed by atoms with Crippen LogP contribution in [0.3, 0.4) is 0 Å². The molecule has 0 saturated heterocycles. The van der Waals surface area contributed by atoms with E-state index in [0.717, 1.165) is 11.1 Å². The van der Waals surface area contributed by atoms with Crippen molar-refractivity contribution in [2.75, 3.05) is 13.2 Å². The molecule has 0 bridgehead atoms. The number of halogens is 1. The van der Waals surface area contributed by atoms with E-state index in [0.29, 0.717) is 58.3 Å². The van der Waals surface area contributed by atoms with Crippen LogP contribution in [0.25, 0.3) is 5.57 Å². The van der Waals surface area contributed by atoms with Gasteiger partial charge >= 0.3 is 19.6 Å². The second kappa shape index (κ2) is 21.1. The Morgan fingerprint density at radius 1 is 0.818 bits per heavy atom. The van der Waals surface area contributed by atoms with Crippen molar-refractivity contribution >= 4 is 30.9 Å². The Bertz CT molecular complexity index is 1330. The summed E-state index contributed by atoms with van der Waals surface area (Å²) in [5, 5.41) is 10.2. The van der Waals surface area contributed by atoms with E-state index in [2.05, 4.69) is 0 Å². The molecule has 1 aromatic carbocycles. The van der Waals surface area contributed by atoms with Gasteiger partial charge in [0.25, 0.3) is 0 Å². The fourth-order valence-corrected chi connectivity index (χ4v) is 4.92. The van der Waals surface area contributed by atoms with Crippen molar-refractivity contribution in [2.24, 2.45) is 4.99 Å². The number of carbonyl (C=O) groups excluding carboxylic acids is 2. The number of rotatable bonds is 7. The number of aliphatic imine (C=N–C) groups is 1. The van der Waals surface area contributed by atoms with Crippen molar-refractivity contribution in [2.45, 2.75) is 111 Å². The molecule has 7 nitrogen and oxygen atoms in total. The largest absolute Gasteiger partial charge is 0.508 e. The molecule has 1 radical (unpaired) electrons. The SMILES string of the molecule is CC.CC.CC.CC.CCOC(=O)C1=C(C)/C(=C(\c2c(C)cc(O)cc2C)c2c(C)c(C(=O)OCC)c(C)n2[B]F)N=C1C. The van der Waals surface area contributed by atoms with Gasteiger partial charge < -0.3 is 23.4 Å². The molecule has 1 aliphatic heterocycles. The smallest absolute Gasteiger partial charge is 0.495 e. The average molecular weight is 614 g/mol. The third kappa shape index (κ3) is 9.19. The number of carbonyl (C=O) groups is 2. The molecular weight excluding hydrogens is 558 g/mol. The lowest BCUT2D eigenvalue weighted by Crippen LogP contribution is -2.13. The van der Waals surface area contributed by atoms with E-state index in [1.807, 2.05) is 69.2 Å². The average Bonchev–Trinajstić information content (AvgIpc) is 3.44. The Balaban J connectivity index is 0. The summed E-state index contributed by atoms with van der Waals surface area (Å²) in [6.45, 7) is 30.4. The highest BCUT2D eigenvalue weighted by Crippen LogP contribution is 2.42. The molecule has 2 heterocycles. The number of aryl methyl sites for hydroxylation is 2. The standard InChI is InChI=1S/C27H31BFN2O5.4C2H6/c1-9-35-26(33)21-15(5)24(30-17(21)7)23(20-13(3)11-19(32)12-14(20)4)25-16(6)22(27(34)36-10-2)18(8)31(25)28-29;4*1-2/h11-12,32H,9-10H2,1-8H3;4*1-2H3/b24-23-;;;;. The van der Waals surface area contributed by atoms with Crippen LogP contribution in [-0.4, -0.2) is 48.1 Å². The topological polar surface area (TPSA) is 90.1 Å². The molecule has 0 saturated carbocycles. The van der Waals surface area contributed by atoms with E-state index in [1.165, 1.54) is 4.48 Å². The first-order chi connectivity index (χ1) is 21.0. The lowest BCUT2D eigenvalue weighted by molar-refractivity contribution is -0.137. The number of esters is 2. The molecule has 0 fully saturated rings. The number of aromatic hydroxyl groups is 1. The number of hydrogen-bond donors (Lipinski definition) is 1. The van der Waals surface area contributed by atoms with Crippen molar-refractivity contribution in [1.82, 2.24) is 4.48 Å². The lowest BCUT2D eigenvalue weighted by Gasteiger charge is -2.20. The van der Waals surface area contributed by atoms with Crippen molar-refractivity contribution < 1.29 is 28.5 Å². The first kappa shape index (κ1) is 42.5. The second-order valence-corrected chi connectivity index (χ2v) is 8.72. The summed E-state index contributed by atoms with van der Waals surface area (Å²) in [5.41, 5.74) is 6.12. The molecule has 0 atom stereocenters. The maximum atomic E-state index is 14.5. The summed E-state index contributed by atoms with van der Waals surface area (Å²) < 4.78 is 26.3. The fraction of sp³-hybridized carbons (Fsp3) is 0.514. The van der Waals surface area contributed by atoms with Crippen LogP contribution in [0.4, 0.5) is 4.32 Å². The van der Waals surface area contributed by atoms with Crippen LogP contribution in [0.15, 0.2) is 34.0 Å². The number of ether oxygens (including phenoxy) is 2. The minimum Gasteiger partial charge on any atom is -0.508 e. The highest BCUT2D eigenvalue weighted by molar-refractivity contribution is 6.27. The maximum absolute atomic E-state index is 14.5. The van der Waals surface area contributed by atoms with Crippen molar-refractivity contribution in [3.05, 3.63) is 68.2 Å². The van der Waals surface area contributed by atoms with Gasteiger partial charge in [-0.2, -0.15) is 0 Å². The van der Waals surface area contributed by atoms with Gasteiger partial charge in [-0.05, 0) is 95.3 Å². The van der Waals surface area contributed by atoms with Gasteiger partial charge in [0.05, 0.1) is 35.8 Å². The van der Waals surface area contributed by atoms with Gasteiger partial charge in [0.1, 0.15) is 5.75 Å². The summed E-state index contributed by atoms with van der Waals surface area (Å²) in [7, 11) is 0.406. The number of nitrogens with zero attached hydrogens (tertiary/aromatic N) is 2. The van der Waals surface area contributed by atoms with E-state index in [4.69, 9.17) is 14.5 Å². The normalized spacial score (nSPS) is 12.5. The molecule has 0 unspecified atom stereocenters. The van der Waals surface area contributed by atoms with Crippen LogP contribution in [0.5, 0.6) is 5.75 Å². The molecule has 0 aliphatic carbocycles. The van der Waals surface area contributed by atoms with E-state index in [-0.39, 0.29) is 24.5 Å². The first-order valence-corrected chi connectivity index (χ1v) is 15.8. The highest BCUT2D eigenvalue weighted by Gasteiger charge is 2.33. The molecule has 2 aromatic rings. The monoisotopic (exact) mass is 613 g/mol. The zero-order valence-corrected chi connectivity index (χ0v) is 30.0. The number of hydrogen-bond acceptors (Lipinski definition) is 6. The summed E-state index contributed by atoms with van der Waals surface area (Å²) in [6, 6.07) is 3.22. The zero-order valence-electron chi connectivity index (χ0n) is 30.0. The zero-order chi connectivity index (χ0) is 34.9. The van der Waals surface area contributed by atoms with E-state index >= 15 is 0 Å². The minimum absolute atomic E-state index is 0.0937. The molecular formula is C35H55BFN2O5. The fourth-order valence-electron chi connectivity index (χ4n) is 4.92. The first-order valence-electron chi connectivity index (χ1n) is 15.8. The summed E-state index contributed by atoms with van der Waals surface area (Å²) in [5.74, 6) is -0.947. The van der Waals surface area contributed by atoms with Gasteiger partial charge in [-0.15, -0.1) is 0 Å². The van der Waals surface area contributed by atoms with Crippen LogP contribution in [0.1, 0.15) is 127 Å². The van der Waals surface area contributed by atoms with Gasteiger partial charge in [-0.3, -0.25) is 4.99 Å². The Morgan fingerprint density at radius 3 is 1.70 bits per heavy atom. The van der Waals surface area contributed by atoms with Gasteiger partial charge in [0, 0.05) is 17.0 Å². The Labute approximate surface area is 266 Å². The third-order valence-corrected chi connectivity index (χ3v) is 6.36. The van der Waals surface area contributed by atoms with Crippen molar-refractivity contribution in [1.29, 1.82) is 0 Å². The van der Waals surface area contributed by atoms with E-state index < -0.39 is 11.9 Å². The number of benzene rings is 1. The maximum Gasteiger partial charge on any atom is 0.495 e. The quantitative estimate of drug-likeness (QED) is 0.248. The molecule has 9 heteroatoms.